The Hall–Kier alpha value is -1.15. The van der Waals surface area contributed by atoms with Gasteiger partial charge in [-0.1, -0.05) is 29.3 Å². The van der Waals surface area contributed by atoms with E-state index >= 15 is 0 Å². The van der Waals surface area contributed by atoms with Crippen molar-refractivity contribution in [1.29, 1.82) is 0 Å². The van der Waals surface area contributed by atoms with Crippen LogP contribution in [0.2, 0.25) is 0 Å². The van der Waals surface area contributed by atoms with Gasteiger partial charge in [-0.25, -0.2) is 4.39 Å². The summed E-state index contributed by atoms with van der Waals surface area (Å²) in [6.45, 7) is 1.91. The third-order valence-electron chi connectivity index (χ3n) is 3.35. The van der Waals surface area contributed by atoms with Crippen molar-refractivity contribution in [2.24, 2.45) is 0 Å². The van der Waals surface area contributed by atoms with Gasteiger partial charge in [0.05, 0.1) is 6.10 Å². The van der Waals surface area contributed by atoms with Crippen molar-refractivity contribution >= 4 is 0 Å². The molecule has 1 aromatic carbocycles. The van der Waals surface area contributed by atoms with E-state index in [-0.39, 0.29) is 5.82 Å². The SMILES string of the molecule is Cc1ccc(F)c(C(O)CC2=CCCCC2)c1. The van der Waals surface area contributed by atoms with E-state index < -0.39 is 6.10 Å². The topological polar surface area (TPSA) is 20.2 Å². The predicted octanol–water partition coefficient (Wildman–Crippen LogP) is 4.06. The van der Waals surface area contributed by atoms with E-state index in [9.17, 15) is 9.50 Å². The van der Waals surface area contributed by atoms with Gasteiger partial charge in [-0.05, 0) is 45.1 Å². The summed E-state index contributed by atoms with van der Waals surface area (Å²) < 4.78 is 13.6. The normalized spacial score (nSPS) is 17.7. The van der Waals surface area contributed by atoms with Gasteiger partial charge in [0, 0.05) is 5.56 Å². The molecule has 0 heterocycles. The molecule has 0 saturated carbocycles. The van der Waals surface area contributed by atoms with Gasteiger partial charge < -0.3 is 5.11 Å². The van der Waals surface area contributed by atoms with Crippen LogP contribution in [0, 0.1) is 12.7 Å². The first-order valence-corrected chi connectivity index (χ1v) is 6.29. The lowest BCUT2D eigenvalue weighted by Crippen LogP contribution is -2.04. The summed E-state index contributed by atoms with van der Waals surface area (Å²) in [6.07, 6.45) is 6.62. The molecule has 1 unspecified atom stereocenters. The van der Waals surface area contributed by atoms with E-state index in [2.05, 4.69) is 6.08 Å². The molecule has 0 fully saturated rings. The Morgan fingerprint density at radius 1 is 1.35 bits per heavy atom. The van der Waals surface area contributed by atoms with E-state index in [1.807, 2.05) is 6.92 Å². The van der Waals surface area contributed by atoms with Crippen LogP contribution in [-0.2, 0) is 0 Å². The van der Waals surface area contributed by atoms with Crippen LogP contribution in [0.1, 0.15) is 49.3 Å². The lowest BCUT2D eigenvalue weighted by atomic mass is 9.92. The van der Waals surface area contributed by atoms with Gasteiger partial charge >= 0.3 is 0 Å². The molecule has 17 heavy (non-hydrogen) atoms. The Balaban J connectivity index is 2.10. The molecule has 0 spiro atoms. The first-order valence-electron chi connectivity index (χ1n) is 6.29. The second-order valence-corrected chi connectivity index (χ2v) is 4.85. The molecule has 1 aromatic rings. The molecular formula is C15H19FO. The molecule has 0 aromatic heterocycles. The maximum Gasteiger partial charge on any atom is 0.129 e. The molecule has 1 atom stereocenters. The molecule has 0 saturated heterocycles. The molecular weight excluding hydrogens is 215 g/mol. The first kappa shape index (κ1) is 12.3. The number of hydrogen-bond acceptors (Lipinski definition) is 1. The van der Waals surface area contributed by atoms with Crippen molar-refractivity contribution in [1.82, 2.24) is 0 Å². The highest BCUT2D eigenvalue weighted by Crippen LogP contribution is 2.29. The van der Waals surface area contributed by atoms with Crippen LogP contribution in [0.15, 0.2) is 29.8 Å². The second-order valence-electron chi connectivity index (χ2n) is 4.85. The number of allylic oxidation sites excluding steroid dienone is 1. The summed E-state index contributed by atoms with van der Waals surface area (Å²) in [5.41, 5.74) is 2.68. The van der Waals surface area contributed by atoms with Crippen LogP contribution >= 0.6 is 0 Å². The minimum absolute atomic E-state index is 0.306. The Morgan fingerprint density at radius 3 is 2.88 bits per heavy atom. The zero-order chi connectivity index (χ0) is 12.3. The van der Waals surface area contributed by atoms with Crippen LogP contribution in [-0.4, -0.2) is 5.11 Å². The molecule has 2 rings (SSSR count). The summed E-state index contributed by atoms with van der Waals surface area (Å²) in [5.74, 6) is -0.306. The van der Waals surface area contributed by atoms with Crippen molar-refractivity contribution in [2.45, 2.75) is 45.1 Å². The van der Waals surface area contributed by atoms with Gasteiger partial charge in [-0.3, -0.25) is 0 Å². The number of aryl methyl sites for hydroxylation is 1. The van der Waals surface area contributed by atoms with Gasteiger partial charge in [-0.15, -0.1) is 0 Å². The Kier molecular flexibility index (Phi) is 3.95. The fraction of sp³-hybridized carbons (Fsp3) is 0.467. The molecule has 1 nitrogen and oxygen atoms in total. The average Bonchev–Trinajstić information content (AvgIpc) is 2.33. The zero-order valence-electron chi connectivity index (χ0n) is 10.2. The van der Waals surface area contributed by atoms with E-state index in [1.165, 1.54) is 24.5 Å². The van der Waals surface area contributed by atoms with E-state index in [0.29, 0.717) is 12.0 Å². The molecule has 1 aliphatic rings. The summed E-state index contributed by atoms with van der Waals surface area (Å²) in [6, 6.07) is 4.90. The molecule has 1 aliphatic carbocycles. The van der Waals surface area contributed by atoms with Crippen molar-refractivity contribution in [3.8, 4) is 0 Å². The largest absolute Gasteiger partial charge is 0.388 e. The summed E-state index contributed by atoms with van der Waals surface area (Å²) >= 11 is 0. The second kappa shape index (κ2) is 5.46. The van der Waals surface area contributed by atoms with Crippen LogP contribution in [0.25, 0.3) is 0 Å². The van der Waals surface area contributed by atoms with Crippen LogP contribution in [0.5, 0.6) is 0 Å². The highest BCUT2D eigenvalue weighted by molar-refractivity contribution is 5.27. The summed E-state index contributed by atoms with van der Waals surface area (Å²) in [7, 11) is 0. The Bertz CT molecular complexity index is 423. The fourth-order valence-electron chi connectivity index (χ4n) is 2.37. The van der Waals surface area contributed by atoms with Crippen molar-refractivity contribution in [3.63, 3.8) is 0 Å². The van der Waals surface area contributed by atoms with E-state index in [0.717, 1.165) is 18.4 Å². The van der Waals surface area contributed by atoms with Gasteiger partial charge in [0.2, 0.25) is 0 Å². The maximum atomic E-state index is 13.6. The highest BCUT2D eigenvalue weighted by atomic mass is 19.1. The zero-order valence-corrected chi connectivity index (χ0v) is 10.2. The Morgan fingerprint density at radius 2 is 2.18 bits per heavy atom. The van der Waals surface area contributed by atoms with Gasteiger partial charge in [0.1, 0.15) is 5.82 Å². The lowest BCUT2D eigenvalue weighted by Gasteiger charge is -2.17. The molecule has 0 aliphatic heterocycles. The quantitative estimate of drug-likeness (QED) is 0.782. The van der Waals surface area contributed by atoms with Crippen molar-refractivity contribution in [3.05, 3.63) is 46.8 Å². The number of benzene rings is 1. The third kappa shape index (κ3) is 3.16. The van der Waals surface area contributed by atoms with Crippen LogP contribution < -0.4 is 0 Å². The van der Waals surface area contributed by atoms with E-state index in [4.69, 9.17) is 0 Å². The molecule has 0 amide bonds. The molecule has 92 valence electrons. The molecule has 1 N–H and O–H groups in total. The van der Waals surface area contributed by atoms with Gasteiger partial charge in [0.25, 0.3) is 0 Å². The fourth-order valence-corrected chi connectivity index (χ4v) is 2.37. The van der Waals surface area contributed by atoms with Gasteiger partial charge in [0.15, 0.2) is 0 Å². The molecule has 2 heteroatoms. The molecule has 0 bridgehead atoms. The lowest BCUT2D eigenvalue weighted by molar-refractivity contribution is 0.171. The average molecular weight is 234 g/mol. The maximum absolute atomic E-state index is 13.6. The van der Waals surface area contributed by atoms with Crippen molar-refractivity contribution in [2.75, 3.05) is 0 Å². The summed E-state index contributed by atoms with van der Waals surface area (Å²) in [4.78, 5) is 0. The van der Waals surface area contributed by atoms with Crippen LogP contribution in [0.3, 0.4) is 0 Å². The van der Waals surface area contributed by atoms with Crippen LogP contribution in [0.4, 0.5) is 4.39 Å². The third-order valence-corrected chi connectivity index (χ3v) is 3.35. The Labute approximate surface area is 102 Å². The number of halogens is 1. The van der Waals surface area contributed by atoms with Crippen molar-refractivity contribution < 1.29 is 9.50 Å². The number of hydrogen-bond donors (Lipinski definition) is 1. The first-order chi connectivity index (χ1) is 8.16. The number of aliphatic hydroxyl groups excluding tert-OH is 1. The number of aliphatic hydroxyl groups is 1. The number of rotatable bonds is 3. The molecule has 0 radical (unpaired) electrons. The minimum atomic E-state index is -0.709. The standard InChI is InChI=1S/C15H19FO/c1-11-7-8-14(16)13(9-11)15(17)10-12-5-3-2-4-6-12/h5,7-9,15,17H,2-4,6,10H2,1H3. The minimum Gasteiger partial charge on any atom is -0.388 e. The predicted molar refractivity (Wildman–Crippen MR) is 67.3 cm³/mol. The van der Waals surface area contributed by atoms with E-state index in [1.54, 1.807) is 12.1 Å². The smallest absolute Gasteiger partial charge is 0.129 e. The van der Waals surface area contributed by atoms with Gasteiger partial charge in [-0.2, -0.15) is 0 Å². The highest BCUT2D eigenvalue weighted by Gasteiger charge is 2.15. The monoisotopic (exact) mass is 234 g/mol. The summed E-state index contributed by atoms with van der Waals surface area (Å²) in [5, 5.41) is 10.1.